The van der Waals surface area contributed by atoms with Gasteiger partial charge in [-0.15, -0.1) is 0 Å². The first kappa shape index (κ1) is 11.3. The van der Waals surface area contributed by atoms with Gasteiger partial charge in [-0.2, -0.15) is 8.78 Å². The van der Waals surface area contributed by atoms with E-state index >= 15 is 0 Å². The zero-order valence-corrected chi connectivity index (χ0v) is 8.88. The van der Waals surface area contributed by atoms with Crippen LogP contribution in [0.15, 0.2) is 0 Å². The molecule has 0 aromatic carbocycles. The molecule has 1 amide bonds. The Labute approximate surface area is 80.0 Å². The zero-order valence-electron chi connectivity index (χ0n) is 5.70. The van der Waals surface area contributed by atoms with E-state index in [1.54, 1.807) is 0 Å². The van der Waals surface area contributed by atoms with Gasteiger partial charge in [0, 0.05) is 13.5 Å². The number of rotatable bonds is 3. The summed E-state index contributed by atoms with van der Waals surface area (Å²) >= 11 is 4.88. The van der Waals surface area contributed by atoms with Gasteiger partial charge in [0.15, 0.2) is 0 Å². The van der Waals surface area contributed by atoms with Crippen LogP contribution in [0, 0.1) is 0 Å². The van der Waals surface area contributed by atoms with Crippen LogP contribution in [0.1, 0.15) is 6.92 Å². The molecular formula is C5H7Br2F2NO. The Morgan fingerprint density at radius 1 is 1.73 bits per heavy atom. The minimum atomic E-state index is -2.99. The van der Waals surface area contributed by atoms with Gasteiger partial charge < -0.3 is 5.32 Å². The largest absolute Gasteiger partial charge is 0.355 e. The lowest BCUT2D eigenvalue weighted by molar-refractivity contribution is -0.119. The summed E-state index contributed by atoms with van der Waals surface area (Å²) in [6, 6.07) is 0. The van der Waals surface area contributed by atoms with Crippen LogP contribution < -0.4 is 5.32 Å². The van der Waals surface area contributed by atoms with Crippen molar-refractivity contribution < 1.29 is 13.6 Å². The van der Waals surface area contributed by atoms with Crippen LogP contribution in [0.3, 0.4) is 0 Å². The minimum Gasteiger partial charge on any atom is -0.355 e. The van der Waals surface area contributed by atoms with Crippen molar-refractivity contribution in [1.29, 1.82) is 0 Å². The van der Waals surface area contributed by atoms with Crippen molar-refractivity contribution in [3.8, 4) is 0 Å². The van der Waals surface area contributed by atoms with Crippen LogP contribution in [0.4, 0.5) is 8.78 Å². The number of hydrogen-bond acceptors (Lipinski definition) is 1. The molecule has 0 aliphatic heterocycles. The maximum atomic E-state index is 12.3. The SMILES string of the molecule is CC(=O)NCC(Br)C(F)(F)Br. The van der Waals surface area contributed by atoms with E-state index in [1.807, 2.05) is 0 Å². The van der Waals surface area contributed by atoms with Crippen LogP contribution in [0.25, 0.3) is 0 Å². The Bertz CT molecular complexity index is 148. The van der Waals surface area contributed by atoms with Gasteiger partial charge in [-0.1, -0.05) is 15.9 Å². The van der Waals surface area contributed by atoms with Crippen molar-refractivity contribution in [3.05, 3.63) is 0 Å². The van der Waals surface area contributed by atoms with Crippen LogP contribution in [-0.2, 0) is 4.79 Å². The van der Waals surface area contributed by atoms with Gasteiger partial charge in [-0.25, -0.2) is 0 Å². The van der Waals surface area contributed by atoms with E-state index in [0.29, 0.717) is 0 Å². The van der Waals surface area contributed by atoms with E-state index in [9.17, 15) is 13.6 Å². The van der Waals surface area contributed by atoms with Gasteiger partial charge in [-0.3, -0.25) is 4.79 Å². The fourth-order valence-corrected chi connectivity index (χ4v) is 0.673. The quantitative estimate of drug-likeness (QED) is 0.791. The second-order valence-electron chi connectivity index (χ2n) is 1.95. The molecule has 2 nitrogen and oxygen atoms in total. The van der Waals surface area contributed by atoms with Gasteiger partial charge in [0.25, 0.3) is 0 Å². The summed E-state index contributed by atoms with van der Waals surface area (Å²) in [6.45, 7) is 1.17. The number of amides is 1. The Morgan fingerprint density at radius 3 is 2.45 bits per heavy atom. The van der Waals surface area contributed by atoms with Crippen molar-refractivity contribution in [2.24, 2.45) is 0 Å². The number of carbonyl (C=O) groups excluding carboxylic acids is 1. The van der Waals surface area contributed by atoms with E-state index < -0.39 is 9.66 Å². The summed E-state index contributed by atoms with van der Waals surface area (Å²) in [5.41, 5.74) is 0. The fourth-order valence-electron chi connectivity index (χ4n) is 0.349. The molecule has 0 rings (SSSR count). The highest BCUT2D eigenvalue weighted by Gasteiger charge is 2.34. The van der Waals surface area contributed by atoms with Gasteiger partial charge in [0.05, 0.1) is 0 Å². The molecular weight excluding hydrogens is 288 g/mol. The van der Waals surface area contributed by atoms with E-state index in [1.165, 1.54) is 6.92 Å². The molecule has 0 aromatic heterocycles. The third kappa shape index (κ3) is 5.55. The maximum Gasteiger partial charge on any atom is 0.315 e. The number of alkyl halides is 4. The molecule has 6 heteroatoms. The highest BCUT2D eigenvalue weighted by molar-refractivity contribution is 9.12. The lowest BCUT2D eigenvalue weighted by Crippen LogP contribution is -2.35. The third-order valence-corrected chi connectivity index (χ3v) is 2.95. The topological polar surface area (TPSA) is 29.1 Å². The van der Waals surface area contributed by atoms with Crippen molar-refractivity contribution >= 4 is 37.8 Å². The van der Waals surface area contributed by atoms with Crippen LogP contribution in [0.2, 0.25) is 0 Å². The second kappa shape index (κ2) is 4.35. The van der Waals surface area contributed by atoms with Gasteiger partial charge >= 0.3 is 4.83 Å². The average Bonchev–Trinajstić information content (AvgIpc) is 1.80. The van der Waals surface area contributed by atoms with Gasteiger partial charge in [0.2, 0.25) is 5.91 Å². The highest BCUT2D eigenvalue weighted by atomic mass is 79.9. The number of hydrogen-bond donors (Lipinski definition) is 1. The zero-order chi connectivity index (χ0) is 9.07. The molecule has 0 heterocycles. The smallest absolute Gasteiger partial charge is 0.315 e. The van der Waals surface area contributed by atoms with Crippen LogP contribution in [-0.4, -0.2) is 22.1 Å². The lowest BCUT2D eigenvalue weighted by atomic mass is 10.4. The summed E-state index contributed by atoms with van der Waals surface area (Å²) < 4.78 is 24.6. The average molecular weight is 295 g/mol. The summed E-state index contributed by atoms with van der Waals surface area (Å²) in [7, 11) is 0. The third-order valence-electron chi connectivity index (χ3n) is 0.885. The van der Waals surface area contributed by atoms with Crippen LogP contribution in [0.5, 0.6) is 0 Å². The standard InChI is InChI=1S/C5H7Br2F2NO/c1-3(11)10-2-4(6)5(7,8)9/h4H,2H2,1H3,(H,10,11). The first-order valence-corrected chi connectivity index (χ1v) is 4.50. The first-order valence-electron chi connectivity index (χ1n) is 2.79. The van der Waals surface area contributed by atoms with Crippen LogP contribution >= 0.6 is 31.9 Å². The molecule has 0 fully saturated rings. The van der Waals surface area contributed by atoms with E-state index in [4.69, 9.17) is 0 Å². The number of carbonyl (C=O) groups is 1. The second-order valence-corrected chi connectivity index (χ2v) is 4.11. The molecule has 0 saturated carbocycles. The Balaban J connectivity index is 3.70. The molecule has 1 atom stereocenters. The summed E-state index contributed by atoms with van der Waals surface area (Å²) in [4.78, 5) is 6.21. The molecule has 0 aliphatic rings. The molecule has 0 saturated heterocycles. The van der Waals surface area contributed by atoms with Crippen molar-refractivity contribution in [1.82, 2.24) is 5.32 Å². The Hall–Kier alpha value is 0.290. The number of halogens is 4. The molecule has 0 radical (unpaired) electrons. The predicted octanol–water partition coefficient (Wildman–Crippen LogP) is 1.87. The fraction of sp³-hybridized carbons (Fsp3) is 0.800. The minimum absolute atomic E-state index is 0.104. The molecule has 0 bridgehead atoms. The predicted molar refractivity (Wildman–Crippen MR) is 45.3 cm³/mol. The van der Waals surface area contributed by atoms with Gasteiger partial charge in [-0.05, 0) is 15.9 Å². The molecule has 0 spiro atoms. The molecule has 0 aliphatic carbocycles. The Kier molecular flexibility index (Phi) is 4.46. The first-order chi connectivity index (χ1) is 4.84. The van der Waals surface area contributed by atoms with Gasteiger partial charge in [0.1, 0.15) is 4.83 Å². The van der Waals surface area contributed by atoms with E-state index in [0.717, 1.165) is 0 Å². The van der Waals surface area contributed by atoms with E-state index in [-0.39, 0.29) is 12.5 Å². The molecule has 1 unspecified atom stereocenters. The molecule has 1 N–H and O–H groups in total. The monoisotopic (exact) mass is 293 g/mol. The lowest BCUT2D eigenvalue weighted by Gasteiger charge is -2.15. The molecule has 66 valence electrons. The van der Waals surface area contributed by atoms with Crippen molar-refractivity contribution in [3.63, 3.8) is 0 Å². The van der Waals surface area contributed by atoms with Crippen molar-refractivity contribution in [2.45, 2.75) is 16.6 Å². The summed E-state index contributed by atoms with van der Waals surface area (Å²) in [5, 5.41) is 2.26. The number of nitrogens with one attached hydrogen (secondary N) is 1. The Morgan fingerprint density at radius 2 is 2.18 bits per heavy atom. The highest BCUT2D eigenvalue weighted by Crippen LogP contribution is 2.30. The summed E-state index contributed by atoms with van der Waals surface area (Å²) in [5.74, 6) is -0.328. The maximum absolute atomic E-state index is 12.3. The van der Waals surface area contributed by atoms with E-state index in [2.05, 4.69) is 37.2 Å². The normalized spacial score (nSPS) is 14.3. The molecule has 11 heavy (non-hydrogen) atoms. The van der Waals surface area contributed by atoms with Crippen molar-refractivity contribution in [2.75, 3.05) is 6.54 Å². The summed E-state index contributed by atoms with van der Waals surface area (Å²) in [6.07, 6.45) is 0. The molecule has 0 aromatic rings.